The van der Waals surface area contributed by atoms with E-state index in [0.29, 0.717) is 28.8 Å². The minimum Gasteiger partial charge on any atom is -0.497 e. The van der Waals surface area contributed by atoms with Crippen molar-refractivity contribution >= 4 is 29.3 Å². The van der Waals surface area contributed by atoms with Gasteiger partial charge in [-0.15, -0.1) is 16.8 Å². The summed E-state index contributed by atoms with van der Waals surface area (Å²) in [5, 5.41) is 24.6. The Balaban J connectivity index is 1.71. The van der Waals surface area contributed by atoms with Crippen molar-refractivity contribution in [3.8, 4) is 5.75 Å². The number of rotatable bonds is 11. The molecule has 2 amide bonds. The van der Waals surface area contributed by atoms with E-state index in [1.165, 1.54) is 11.8 Å². The van der Waals surface area contributed by atoms with Crippen LogP contribution in [0.1, 0.15) is 33.4 Å². The van der Waals surface area contributed by atoms with Gasteiger partial charge in [0.2, 0.25) is 5.91 Å². The smallest absolute Gasteiger partial charge is 0.251 e. The lowest BCUT2D eigenvalue weighted by atomic mass is 10.1. The van der Waals surface area contributed by atoms with Crippen molar-refractivity contribution in [2.75, 3.05) is 24.8 Å². The summed E-state index contributed by atoms with van der Waals surface area (Å²) in [5.41, 5.74) is 3.18. The predicted octanol–water partition coefficient (Wildman–Crippen LogP) is 3.28. The van der Waals surface area contributed by atoms with E-state index < -0.39 is 6.04 Å². The summed E-state index contributed by atoms with van der Waals surface area (Å²) in [6.07, 6.45) is 1.66. The van der Waals surface area contributed by atoms with E-state index in [1.807, 2.05) is 32.0 Å². The second-order valence-corrected chi connectivity index (χ2v) is 8.72. The van der Waals surface area contributed by atoms with Crippen LogP contribution in [0.5, 0.6) is 5.75 Å². The quantitative estimate of drug-likeness (QED) is 0.276. The number of hydrogen-bond acceptors (Lipinski definition) is 7. The topological polar surface area (TPSA) is 118 Å². The van der Waals surface area contributed by atoms with Crippen molar-refractivity contribution in [3.63, 3.8) is 0 Å². The van der Waals surface area contributed by atoms with Gasteiger partial charge < -0.3 is 25.0 Å². The Labute approximate surface area is 208 Å². The molecule has 0 fully saturated rings. The summed E-state index contributed by atoms with van der Waals surface area (Å²) in [7, 11) is 1.55. The summed E-state index contributed by atoms with van der Waals surface area (Å²) in [6.45, 7) is 7.62. The van der Waals surface area contributed by atoms with Crippen LogP contribution in [-0.2, 0) is 11.3 Å². The number of aromatic nitrogens is 3. The Morgan fingerprint density at radius 1 is 1.17 bits per heavy atom. The van der Waals surface area contributed by atoms with Gasteiger partial charge in [-0.3, -0.25) is 9.59 Å². The number of thioether (sulfide) groups is 1. The number of anilines is 1. The van der Waals surface area contributed by atoms with Gasteiger partial charge in [-0.25, -0.2) is 0 Å². The summed E-state index contributed by atoms with van der Waals surface area (Å²) in [6, 6.07) is 11.7. The number of para-hydroxylation sites is 1. The Bertz CT molecular complexity index is 1170. The van der Waals surface area contributed by atoms with E-state index in [9.17, 15) is 14.7 Å². The minimum atomic E-state index is -0.796. The Morgan fingerprint density at radius 2 is 1.86 bits per heavy atom. The molecule has 0 aliphatic rings. The number of amides is 2. The molecule has 3 rings (SSSR count). The molecule has 0 saturated heterocycles. The van der Waals surface area contributed by atoms with Gasteiger partial charge in [-0.1, -0.05) is 36.0 Å². The van der Waals surface area contributed by atoms with Crippen molar-refractivity contribution in [1.82, 2.24) is 20.1 Å². The third-order valence-electron chi connectivity index (χ3n) is 5.29. The van der Waals surface area contributed by atoms with Crippen LogP contribution >= 0.6 is 11.8 Å². The van der Waals surface area contributed by atoms with Crippen molar-refractivity contribution in [3.05, 3.63) is 77.6 Å². The van der Waals surface area contributed by atoms with Gasteiger partial charge >= 0.3 is 0 Å². The molecule has 1 aromatic heterocycles. The number of carbonyl (C=O) groups excluding carboxylic acids is 2. The maximum Gasteiger partial charge on any atom is 0.251 e. The average molecular weight is 496 g/mol. The van der Waals surface area contributed by atoms with Crippen LogP contribution in [0.2, 0.25) is 0 Å². The Morgan fingerprint density at radius 3 is 2.46 bits per heavy atom. The predicted molar refractivity (Wildman–Crippen MR) is 136 cm³/mol. The first-order valence-corrected chi connectivity index (χ1v) is 11.9. The highest BCUT2D eigenvalue weighted by Gasteiger charge is 2.23. The minimum absolute atomic E-state index is 0.116. The highest BCUT2D eigenvalue weighted by molar-refractivity contribution is 7.99. The molecule has 0 aliphatic carbocycles. The van der Waals surface area contributed by atoms with Gasteiger partial charge in [0.25, 0.3) is 5.91 Å². The summed E-state index contributed by atoms with van der Waals surface area (Å²) in [4.78, 5) is 25.3. The van der Waals surface area contributed by atoms with Gasteiger partial charge in [0.1, 0.15) is 11.8 Å². The molecular formula is C25H29N5O4S. The number of carbonyl (C=O) groups is 2. The fraction of sp³-hybridized carbons (Fsp3) is 0.280. The molecule has 10 heteroatoms. The summed E-state index contributed by atoms with van der Waals surface area (Å²) < 4.78 is 6.84. The molecule has 1 heterocycles. The number of benzene rings is 2. The van der Waals surface area contributed by atoms with Crippen LogP contribution in [0, 0.1) is 13.8 Å². The van der Waals surface area contributed by atoms with E-state index in [0.717, 1.165) is 16.8 Å². The van der Waals surface area contributed by atoms with Crippen molar-refractivity contribution in [1.29, 1.82) is 0 Å². The fourth-order valence-corrected chi connectivity index (χ4v) is 4.21. The maximum atomic E-state index is 12.7. The number of methoxy groups -OCH3 is 1. The van der Waals surface area contributed by atoms with E-state index in [2.05, 4.69) is 27.4 Å². The molecule has 184 valence electrons. The number of aryl methyl sites for hydroxylation is 2. The summed E-state index contributed by atoms with van der Waals surface area (Å²) >= 11 is 1.22. The van der Waals surface area contributed by atoms with Crippen LogP contribution < -0.4 is 15.4 Å². The SMILES string of the molecule is C=CCn1c(SCC(=O)Nc2c(C)cccc2C)nnc1C(CO)NC(=O)c1ccc(OC)cc1. The molecule has 0 bridgehead atoms. The molecular weight excluding hydrogens is 466 g/mol. The second-order valence-electron chi connectivity index (χ2n) is 7.78. The van der Waals surface area contributed by atoms with E-state index in [4.69, 9.17) is 4.74 Å². The lowest BCUT2D eigenvalue weighted by molar-refractivity contribution is -0.113. The molecule has 3 N–H and O–H groups in total. The van der Waals surface area contributed by atoms with E-state index in [1.54, 1.807) is 42.0 Å². The van der Waals surface area contributed by atoms with Gasteiger partial charge in [0, 0.05) is 17.8 Å². The van der Waals surface area contributed by atoms with Gasteiger partial charge in [0.15, 0.2) is 11.0 Å². The van der Waals surface area contributed by atoms with Crippen LogP contribution in [0.25, 0.3) is 0 Å². The Kier molecular flexibility index (Phi) is 9.04. The molecule has 1 atom stereocenters. The first kappa shape index (κ1) is 26.0. The van der Waals surface area contributed by atoms with Crippen molar-refractivity contribution < 1.29 is 19.4 Å². The van der Waals surface area contributed by atoms with Gasteiger partial charge in [-0.2, -0.15) is 0 Å². The number of aliphatic hydroxyl groups is 1. The molecule has 0 radical (unpaired) electrons. The van der Waals surface area contributed by atoms with Crippen LogP contribution in [0.4, 0.5) is 5.69 Å². The van der Waals surface area contributed by atoms with E-state index in [-0.39, 0.29) is 24.2 Å². The highest BCUT2D eigenvalue weighted by atomic mass is 32.2. The molecule has 2 aromatic carbocycles. The average Bonchev–Trinajstić information content (AvgIpc) is 3.26. The van der Waals surface area contributed by atoms with Crippen LogP contribution in [0.3, 0.4) is 0 Å². The van der Waals surface area contributed by atoms with Crippen molar-refractivity contribution in [2.45, 2.75) is 31.6 Å². The largest absolute Gasteiger partial charge is 0.497 e. The number of hydrogen-bond donors (Lipinski definition) is 3. The molecule has 0 saturated carbocycles. The molecule has 3 aromatic rings. The fourth-order valence-electron chi connectivity index (χ4n) is 3.46. The van der Waals surface area contributed by atoms with E-state index >= 15 is 0 Å². The molecule has 0 spiro atoms. The molecule has 0 aliphatic heterocycles. The second kappa shape index (κ2) is 12.2. The van der Waals surface area contributed by atoms with Gasteiger partial charge in [-0.05, 0) is 49.2 Å². The lowest BCUT2D eigenvalue weighted by Crippen LogP contribution is -2.33. The maximum absolute atomic E-state index is 12.7. The van der Waals surface area contributed by atoms with Gasteiger partial charge in [0.05, 0.1) is 19.5 Å². The standard InChI is InChI=1S/C25H29N5O4S/c1-5-13-30-23(20(14-31)26-24(33)18-9-11-19(34-4)12-10-18)28-29-25(30)35-15-21(32)27-22-16(2)7-6-8-17(22)3/h5-12,20,31H,1,13-15H2,2-4H3,(H,26,33)(H,27,32). The zero-order valence-corrected chi connectivity index (χ0v) is 20.8. The van der Waals surface area contributed by atoms with Crippen molar-refractivity contribution in [2.24, 2.45) is 0 Å². The number of aliphatic hydroxyl groups excluding tert-OH is 1. The highest BCUT2D eigenvalue weighted by Crippen LogP contribution is 2.23. The number of ether oxygens (including phenoxy) is 1. The first-order valence-electron chi connectivity index (χ1n) is 11.0. The van der Waals surface area contributed by atoms with Crippen LogP contribution in [0.15, 0.2) is 60.3 Å². The Hall–Kier alpha value is -3.63. The third kappa shape index (κ3) is 6.49. The zero-order chi connectivity index (χ0) is 25.4. The molecule has 9 nitrogen and oxygen atoms in total. The first-order chi connectivity index (χ1) is 16.9. The van der Waals surface area contributed by atoms with Crippen LogP contribution in [-0.4, -0.2) is 51.2 Å². The number of nitrogens with one attached hydrogen (secondary N) is 2. The molecule has 35 heavy (non-hydrogen) atoms. The zero-order valence-electron chi connectivity index (χ0n) is 19.9. The lowest BCUT2D eigenvalue weighted by Gasteiger charge is -2.17. The third-order valence-corrected chi connectivity index (χ3v) is 6.25. The molecule has 1 unspecified atom stereocenters. The summed E-state index contributed by atoms with van der Waals surface area (Å²) in [5.74, 6) is 0.572. The normalized spacial score (nSPS) is 11.5. The number of allylic oxidation sites excluding steroid dienone is 1. The monoisotopic (exact) mass is 495 g/mol. The number of nitrogens with zero attached hydrogens (tertiary/aromatic N) is 3.